The second-order valence-electron chi connectivity index (χ2n) is 4.03. The van der Waals surface area contributed by atoms with Crippen molar-refractivity contribution in [3.05, 3.63) is 16.4 Å². The largest absolute Gasteiger partial charge is 0.383 e. The molecule has 17 heavy (non-hydrogen) atoms. The molecular weight excluding hydrogens is 238 g/mol. The highest BCUT2D eigenvalue weighted by molar-refractivity contribution is 6.31. The maximum atomic E-state index is 6.27. The van der Waals surface area contributed by atoms with Gasteiger partial charge in [-0.25, -0.2) is 0 Å². The third kappa shape index (κ3) is 4.30. The number of hydrogen-bond acceptors (Lipinski definition) is 3. The van der Waals surface area contributed by atoms with Crippen LogP contribution in [-0.4, -0.2) is 36.6 Å². The molecule has 1 rings (SSSR count). The Morgan fingerprint density at radius 1 is 1.41 bits per heavy atom. The van der Waals surface area contributed by atoms with Gasteiger partial charge in [-0.1, -0.05) is 18.5 Å². The van der Waals surface area contributed by atoms with E-state index in [9.17, 15) is 0 Å². The lowest BCUT2D eigenvalue weighted by Crippen LogP contribution is -2.20. The third-order valence-corrected chi connectivity index (χ3v) is 3.19. The summed E-state index contributed by atoms with van der Waals surface area (Å²) in [6.07, 6.45) is 2.91. The summed E-state index contributed by atoms with van der Waals surface area (Å²) in [6, 6.07) is 0. The maximum absolute atomic E-state index is 6.27. The molecule has 0 unspecified atom stereocenters. The molecule has 0 aliphatic carbocycles. The summed E-state index contributed by atoms with van der Waals surface area (Å²) >= 11 is 6.27. The van der Waals surface area contributed by atoms with Crippen molar-refractivity contribution in [2.75, 3.05) is 26.8 Å². The minimum Gasteiger partial charge on any atom is -0.383 e. The van der Waals surface area contributed by atoms with Crippen LogP contribution >= 0.6 is 11.6 Å². The van der Waals surface area contributed by atoms with Crippen LogP contribution in [0.25, 0.3) is 0 Å². The molecule has 0 aliphatic rings. The van der Waals surface area contributed by atoms with Gasteiger partial charge in [0.15, 0.2) is 0 Å². The number of aromatic nitrogens is 2. The van der Waals surface area contributed by atoms with Crippen molar-refractivity contribution in [3.63, 3.8) is 0 Å². The van der Waals surface area contributed by atoms with Crippen molar-refractivity contribution >= 4 is 11.6 Å². The minimum atomic E-state index is 0.756. The van der Waals surface area contributed by atoms with Crippen molar-refractivity contribution in [1.82, 2.24) is 15.1 Å². The zero-order valence-corrected chi connectivity index (χ0v) is 11.7. The number of aryl methyl sites for hydroxylation is 2. The lowest BCUT2D eigenvalue weighted by molar-refractivity contribution is 0.199. The SMILES string of the molecule is CCc1nn(C)c(CCCNCCOC)c1Cl. The number of nitrogens with one attached hydrogen (secondary N) is 1. The molecule has 1 heterocycles. The Morgan fingerprint density at radius 3 is 2.76 bits per heavy atom. The van der Waals surface area contributed by atoms with E-state index in [-0.39, 0.29) is 0 Å². The van der Waals surface area contributed by atoms with E-state index < -0.39 is 0 Å². The second kappa shape index (κ2) is 7.69. The van der Waals surface area contributed by atoms with Gasteiger partial charge in [0.25, 0.3) is 0 Å². The predicted octanol–water partition coefficient (Wildman–Crippen LogP) is 1.80. The van der Waals surface area contributed by atoms with Gasteiger partial charge in [0, 0.05) is 20.7 Å². The first kappa shape index (κ1) is 14.5. The van der Waals surface area contributed by atoms with Gasteiger partial charge in [-0.3, -0.25) is 4.68 Å². The lowest BCUT2D eigenvalue weighted by Gasteiger charge is -2.05. The maximum Gasteiger partial charge on any atom is 0.0849 e. The highest BCUT2D eigenvalue weighted by atomic mass is 35.5. The van der Waals surface area contributed by atoms with Crippen LogP contribution < -0.4 is 5.32 Å². The zero-order valence-electron chi connectivity index (χ0n) is 10.9. The van der Waals surface area contributed by atoms with Crippen molar-refractivity contribution in [2.45, 2.75) is 26.2 Å². The highest BCUT2D eigenvalue weighted by Crippen LogP contribution is 2.21. The van der Waals surface area contributed by atoms with Gasteiger partial charge in [0.2, 0.25) is 0 Å². The minimum absolute atomic E-state index is 0.756. The Hall–Kier alpha value is -0.580. The van der Waals surface area contributed by atoms with Crippen molar-refractivity contribution in [3.8, 4) is 0 Å². The van der Waals surface area contributed by atoms with Gasteiger partial charge in [-0.2, -0.15) is 5.10 Å². The van der Waals surface area contributed by atoms with Crippen molar-refractivity contribution < 1.29 is 4.74 Å². The number of halogens is 1. The molecule has 0 spiro atoms. The molecule has 1 aromatic heterocycles. The van der Waals surface area contributed by atoms with Crippen molar-refractivity contribution in [2.24, 2.45) is 7.05 Å². The van der Waals surface area contributed by atoms with E-state index in [2.05, 4.69) is 17.3 Å². The van der Waals surface area contributed by atoms with Crippen LogP contribution in [0.1, 0.15) is 24.7 Å². The normalized spacial score (nSPS) is 11.1. The van der Waals surface area contributed by atoms with E-state index in [4.69, 9.17) is 16.3 Å². The number of methoxy groups -OCH3 is 1. The van der Waals surface area contributed by atoms with Crippen LogP contribution in [0.4, 0.5) is 0 Å². The molecule has 4 nitrogen and oxygen atoms in total. The molecule has 0 aliphatic heterocycles. The Bertz CT molecular complexity index is 339. The fourth-order valence-electron chi connectivity index (χ4n) is 1.77. The summed E-state index contributed by atoms with van der Waals surface area (Å²) in [5.41, 5.74) is 2.13. The van der Waals surface area contributed by atoms with Crippen LogP contribution in [0.3, 0.4) is 0 Å². The zero-order chi connectivity index (χ0) is 12.7. The number of rotatable bonds is 8. The van der Waals surface area contributed by atoms with Crippen LogP contribution in [0.2, 0.25) is 5.02 Å². The Labute approximate surface area is 108 Å². The molecule has 0 saturated carbocycles. The smallest absolute Gasteiger partial charge is 0.0849 e. The quantitative estimate of drug-likeness (QED) is 0.724. The molecule has 0 radical (unpaired) electrons. The van der Waals surface area contributed by atoms with E-state index in [0.29, 0.717) is 0 Å². The van der Waals surface area contributed by atoms with Crippen LogP contribution in [0.15, 0.2) is 0 Å². The molecule has 1 N–H and O–H groups in total. The van der Waals surface area contributed by atoms with Gasteiger partial charge < -0.3 is 10.1 Å². The average Bonchev–Trinajstić information content (AvgIpc) is 2.60. The standard InChI is InChI=1S/C12H22ClN3O/c1-4-10-12(13)11(16(2)15-10)6-5-7-14-8-9-17-3/h14H,4-9H2,1-3H3. The molecule has 0 atom stereocenters. The number of ether oxygens (including phenoxy) is 1. The van der Waals surface area contributed by atoms with Gasteiger partial charge in [0.05, 0.1) is 23.0 Å². The number of hydrogen-bond donors (Lipinski definition) is 1. The predicted molar refractivity (Wildman–Crippen MR) is 70.7 cm³/mol. The van der Waals surface area contributed by atoms with E-state index in [0.717, 1.165) is 55.4 Å². The van der Waals surface area contributed by atoms with Gasteiger partial charge in [0.1, 0.15) is 0 Å². The van der Waals surface area contributed by atoms with Gasteiger partial charge in [-0.05, 0) is 25.8 Å². The Balaban J connectivity index is 2.34. The second-order valence-corrected chi connectivity index (χ2v) is 4.41. The first-order valence-corrected chi connectivity index (χ1v) is 6.48. The van der Waals surface area contributed by atoms with E-state index in [1.807, 2.05) is 11.7 Å². The summed E-state index contributed by atoms with van der Waals surface area (Å²) in [4.78, 5) is 0. The monoisotopic (exact) mass is 259 g/mol. The summed E-state index contributed by atoms with van der Waals surface area (Å²) in [5.74, 6) is 0. The molecular formula is C12H22ClN3O. The molecule has 1 aromatic rings. The fourth-order valence-corrected chi connectivity index (χ4v) is 2.16. The molecule has 0 aromatic carbocycles. The van der Waals surface area contributed by atoms with Crippen molar-refractivity contribution in [1.29, 1.82) is 0 Å². The van der Waals surface area contributed by atoms with Crippen LogP contribution in [0.5, 0.6) is 0 Å². The average molecular weight is 260 g/mol. The molecule has 0 amide bonds. The van der Waals surface area contributed by atoms with E-state index in [1.165, 1.54) is 0 Å². The summed E-state index contributed by atoms with van der Waals surface area (Å²) < 4.78 is 6.86. The molecule has 5 heteroatoms. The van der Waals surface area contributed by atoms with Crippen LogP contribution in [0, 0.1) is 0 Å². The first-order valence-electron chi connectivity index (χ1n) is 6.10. The summed E-state index contributed by atoms with van der Waals surface area (Å²) in [5, 5.41) is 8.56. The molecule has 98 valence electrons. The molecule has 0 bridgehead atoms. The third-order valence-electron chi connectivity index (χ3n) is 2.75. The molecule has 0 fully saturated rings. The van der Waals surface area contributed by atoms with Gasteiger partial charge >= 0.3 is 0 Å². The Kier molecular flexibility index (Phi) is 6.55. The Morgan fingerprint density at radius 2 is 2.18 bits per heavy atom. The summed E-state index contributed by atoms with van der Waals surface area (Å²) in [6.45, 7) is 4.71. The molecule has 0 saturated heterocycles. The highest BCUT2D eigenvalue weighted by Gasteiger charge is 2.11. The van der Waals surface area contributed by atoms with E-state index >= 15 is 0 Å². The van der Waals surface area contributed by atoms with E-state index in [1.54, 1.807) is 7.11 Å². The lowest BCUT2D eigenvalue weighted by atomic mass is 10.2. The first-order chi connectivity index (χ1) is 8.20. The number of nitrogens with zero attached hydrogens (tertiary/aromatic N) is 2. The van der Waals surface area contributed by atoms with Crippen LogP contribution in [-0.2, 0) is 24.6 Å². The summed E-state index contributed by atoms with van der Waals surface area (Å²) in [7, 11) is 3.67. The topological polar surface area (TPSA) is 39.1 Å². The van der Waals surface area contributed by atoms with Gasteiger partial charge in [-0.15, -0.1) is 0 Å². The fraction of sp³-hybridized carbons (Fsp3) is 0.750.